The molecule has 0 bridgehead atoms. The van der Waals surface area contributed by atoms with E-state index in [2.05, 4.69) is 0 Å². The summed E-state index contributed by atoms with van der Waals surface area (Å²) in [6.07, 6.45) is 5.92. The van der Waals surface area contributed by atoms with Crippen LogP contribution in [-0.4, -0.2) is 11.1 Å². The maximum Gasteiger partial charge on any atom is 0.336 e. The van der Waals surface area contributed by atoms with Crippen molar-refractivity contribution in [2.45, 2.75) is 0 Å². The van der Waals surface area contributed by atoms with E-state index < -0.39 is 5.97 Å². The van der Waals surface area contributed by atoms with Crippen molar-refractivity contribution in [1.29, 1.82) is 0 Å². The Hall–Kier alpha value is -3.39. The minimum Gasteiger partial charge on any atom is -0.478 e. The lowest BCUT2D eigenvalue weighted by Gasteiger charge is -2.11. The van der Waals surface area contributed by atoms with Crippen LogP contribution >= 0.6 is 0 Å². The molecule has 1 N–H and O–H groups in total. The summed E-state index contributed by atoms with van der Waals surface area (Å²) < 4.78 is 0. The first-order valence-corrected chi connectivity index (χ1v) is 8.07. The van der Waals surface area contributed by atoms with Gasteiger partial charge in [-0.25, -0.2) is 4.79 Å². The number of benzene rings is 3. The SMILES string of the molecule is O=C(O)c1ccccc1C(=CC=Cc1ccccc1)c1ccccc1. The highest BCUT2D eigenvalue weighted by Gasteiger charge is 2.13. The van der Waals surface area contributed by atoms with Gasteiger partial charge in [-0.1, -0.05) is 97.1 Å². The van der Waals surface area contributed by atoms with Gasteiger partial charge >= 0.3 is 5.97 Å². The van der Waals surface area contributed by atoms with E-state index in [1.54, 1.807) is 12.1 Å². The van der Waals surface area contributed by atoms with Crippen molar-refractivity contribution in [1.82, 2.24) is 0 Å². The van der Waals surface area contributed by atoms with Crippen LogP contribution < -0.4 is 0 Å². The third kappa shape index (κ3) is 4.12. The Morgan fingerprint density at radius 3 is 1.92 bits per heavy atom. The van der Waals surface area contributed by atoms with Crippen LogP contribution in [0, 0.1) is 0 Å². The molecule has 0 heterocycles. The summed E-state index contributed by atoms with van der Waals surface area (Å²) in [6.45, 7) is 0. The van der Waals surface area contributed by atoms with Crippen molar-refractivity contribution in [2.75, 3.05) is 0 Å². The number of hydrogen-bond donors (Lipinski definition) is 1. The fourth-order valence-electron chi connectivity index (χ4n) is 2.68. The summed E-state index contributed by atoms with van der Waals surface area (Å²) in [5.74, 6) is -0.926. The molecule has 0 saturated carbocycles. The molecule has 0 fully saturated rings. The van der Waals surface area contributed by atoms with E-state index in [-0.39, 0.29) is 0 Å². The molecule has 122 valence electrons. The molecule has 0 aliphatic rings. The predicted octanol–water partition coefficient (Wildman–Crippen LogP) is 5.53. The summed E-state index contributed by atoms with van der Waals surface area (Å²) in [6, 6.07) is 26.9. The molecule has 0 aromatic heterocycles. The molecule has 0 spiro atoms. The molecule has 0 amide bonds. The first kappa shape index (κ1) is 16.5. The van der Waals surface area contributed by atoms with E-state index in [1.807, 2.05) is 91.0 Å². The van der Waals surface area contributed by atoms with Crippen molar-refractivity contribution in [3.05, 3.63) is 119 Å². The Kier molecular flexibility index (Phi) is 5.22. The maximum absolute atomic E-state index is 11.6. The monoisotopic (exact) mass is 326 g/mol. The number of carbonyl (C=O) groups is 1. The first-order chi connectivity index (χ1) is 12.3. The molecule has 0 aliphatic carbocycles. The normalized spacial score (nSPS) is 11.6. The lowest BCUT2D eigenvalue weighted by Crippen LogP contribution is -2.02. The Morgan fingerprint density at radius 2 is 1.28 bits per heavy atom. The molecule has 0 unspecified atom stereocenters. The highest BCUT2D eigenvalue weighted by molar-refractivity contribution is 5.97. The number of allylic oxidation sites excluding steroid dienone is 2. The Bertz CT molecular complexity index is 907. The molecule has 3 aromatic rings. The van der Waals surface area contributed by atoms with Crippen molar-refractivity contribution >= 4 is 17.6 Å². The molecule has 2 nitrogen and oxygen atoms in total. The summed E-state index contributed by atoms with van der Waals surface area (Å²) in [4.78, 5) is 11.6. The second-order valence-electron chi connectivity index (χ2n) is 5.57. The van der Waals surface area contributed by atoms with Crippen molar-refractivity contribution in [2.24, 2.45) is 0 Å². The average Bonchev–Trinajstić information content (AvgIpc) is 2.67. The van der Waals surface area contributed by atoms with Gasteiger partial charge in [-0.15, -0.1) is 0 Å². The number of aromatic carboxylic acids is 1. The van der Waals surface area contributed by atoms with Gasteiger partial charge in [0.05, 0.1) is 5.56 Å². The lowest BCUT2D eigenvalue weighted by atomic mass is 9.93. The van der Waals surface area contributed by atoms with Crippen LogP contribution in [0.1, 0.15) is 27.0 Å². The molecule has 25 heavy (non-hydrogen) atoms. The highest BCUT2D eigenvalue weighted by Crippen LogP contribution is 2.26. The van der Waals surface area contributed by atoms with Crippen LogP contribution in [0.15, 0.2) is 97.1 Å². The van der Waals surface area contributed by atoms with Crippen LogP contribution in [0.4, 0.5) is 0 Å². The number of carboxylic acids is 1. The molecule has 0 radical (unpaired) electrons. The van der Waals surface area contributed by atoms with Crippen molar-refractivity contribution < 1.29 is 9.90 Å². The van der Waals surface area contributed by atoms with E-state index >= 15 is 0 Å². The minimum absolute atomic E-state index is 0.297. The van der Waals surface area contributed by atoms with E-state index in [1.165, 1.54) is 0 Å². The molecular formula is C23H18O2. The smallest absolute Gasteiger partial charge is 0.336 e. The van der Waals surface area contributed by atoms with Gasteiger partial charge < -0.3 is 5.11 Å². The summed E-state index contributed by atoms with van der Waals surface area (Å²) in [5, 5.41) is 9.52. The van der Waals surface area contributed by atoms with Gasteiger partial charge in [0.2, 0.25) is 0 Å². The minimum atomic E-state index is -0.926. The molecular weight excluding hydrogens is 308 g/mol. The zero-order valence-electron chi connectivity index (χ0n) is 13.7. The number of hydrogen-bond acceptors (Lipinski definition) is 1. The van der Waals surface area contributed by atoms with Gasteiger partial charge in [0, 0.05) is 0 Å². The fourth-order valence-corrected chi connectivity index (χ4v) is 2.68. The van der Waals surface area contributed by atoms with Crippen molar-refractivity contribution in [3.63, 3.8) is 0 Å². The zero-order valence-corrected chi connectivity index (χ0v) is 13.7. The standard InChI is InChI=1S/C23H18O2/c24-23(25)22-16-8-7-15-21(22)20(19-13-5-2-6-14-19)17-9-12-18-10-3-1-4-11-18/h1-17H,(H,24,25). The largest absolute Gasteiger partial charge is 0.478 e. The Labute approximate surface area is 147 Å². The maximum atomic E-state index is 11.6. The zero-order chi connectivity index (χ0) is 17.5. The van der Waals surface area contributed by atoms with E-state index in [9.17, 15) is 9.90 Å². The second-order valence-corrected chi connectivity index (χ2v) is 5.57. The lowest BCUT2D eigenvalue weighted by molar-refractivity contribution is 0.0696. The van der Waals surface area contributed by atoms with E-state index in [4.69, 9.17) is 0 Å². The second kappa shape index (κ2) is 7.93. The molecule has 0 saturated heterocycles. The fraction of sp³-hybridized carbons (Fsp3) is 0. The van der Waals surface area contributed by atoms with Crippen LogP contribution in [0.25, 0.3) is 11.6 Å². The van der Waals surface area contributed by atoms with E-state index in [0.717, 1.165) is 16.7 Å². The molecule has 2 heteroatoms. The van der Waals surface area contributed by atoms with Crippen LogP contribution in [-0.2, 0) is 0 Å². The number of rotatable bonds is 5. The van der Waals surface area contributed by atoms with Gasteiger partial charge in [-0.05, 0) is 28.3 Å². The van der Waals surface area contributed by atoms with Gasteiger partial charge in [0.1, 0.15) is 0 Å². The molecule has 3 aromatic carbocycles. The summed E-state index contributed by atoms with van der Waals surface area (Å²) >= 11 is 0. The molecule has 0 aliphatic heterocycles. The summed E-state index contributed by atoms with van der Waals surface area (Å²) in [5.41, 5.74) is 3.96. The third-order valence-corrected chi connectivity index (χ3v) is 3.88. The number of carboxylic acid groups (broad SMARTS) is 1. The van der Waals surface area contributed by atoms with Gasteiger partial charge in [-0.2, -0.15) is 0 Å². The predicted molar refractivity (Wildman–Crippen MR) is 102 cm³/mol. The van der Waals surface area contributed by atoms with Crippen LogP contribution in [0.5, 0.6) is 0 Å². The van der Waals surface area contributed by atoms with Crippen LogP contribution in [0.3, 0.4) is 0 Å². The first-order valence-electron chi connectivity index (χ1n) is 8.07. The highest BCUT2D eigenvalue weighted by atomic mass is 16.4. The van der Waals surface area contributed by atoms with Gasteiger partial charge in [0.25, 0.3) is 0 Å². The molecule has 0 atom stereocenters. The van der Waals surface area contributed by atoms with Crippen molar-refractivity contribution in [3.8, 4) is 0 Å². The van der Waals surface area contributed by atoms with Gasteiger partial charge in [0.15, 0.2) is 0 Å². The average molecular weight is 326 g/mol. The Morgan fingerprint density at radius 1 is 0.720 bits per heavy atom. The molecule has 3 rings (SSSR count). The Balaban J connectivity index is 2.07. The third-order valence-electron chi connectivity index (χ3n) is 3.88. The topological polar surface area (TPSA) is 37.3 Å². The van der Waals surface area contributed by atoms with E-state index in [0.29, 0.717) is 11.1 Å². The summed E-state index contributed by atoms with van der Waals surface area (Å²) in [7, 11) is 0. The van der Waals surface area contributed by atoms with Gasteiger partial charge in [-0.3, -0.25) is 0 Å². The quantitative estimate of drug-likeness (QED) is 0.626. The van der Waals surface area contributed by atoms with Crippen LogP contribution in [0.2, 0.25) is 0 Å².